The molecule has 0 N–H and O–H groups in total. The third-order valence-corrected chi connectivity index (χ3v) is 4.77. The molecule has 1 amide bonds. The molecule has 0 unspecified atom stereocenters. The number of carbonyl (C=O) groups is 1. The fourth-order valence-corrected chi connectivity index (χ4v) is 3.82. The summed E-state index contributed by atoms with van der Waals surface area (Å²) in [7, 11) is 0. The van der Waals surface area contributed by atoms with E-state index in [1.807, 2.05) is 4.90 Å². The fourth-order valence-electron chi connectivity index (χ4n) is 2.65. The van der Waals surface area contributed by atoms with Crippen LogP contribution >= 0.6 is 11.8 Å². The summed E-state index contributed by atoms with van der Waals surface area (Å²) >= 11 is 1.73. The molecule has 94 valence electrons. The summed E-state index contributed by atoms with van der Waals surface area (Å²) in [6, 6.07) is 10.6. The van der Waals surface area contributed by atoms with Gasteiger partial charge in [0, 0.05) is 6.54 Å². The minimum Gasteiger partial charge on any atom is -0.306 e. The Kier molecular flexibility index (Phi) is 3.41. The Bertz CT molecular complexity index is 481. The maximum Gasteiger partial charge on any atom is 0.237 e. The Labute approximate surface area is 112 Å². The van der Waals surface area contributed by atoms with Crippen molar-refractivity contribution in [1.29, 1.82) is 0 Å². The minimum atomic E-state index is 0.298. The standard InChI is InChI=1S/C15H17NOS/c17-14-11-18-15-13(7-4-10-16(14)15)9-8-12-5-2-1-3-6-12/h1-3,5-6H,4,7-11H2. The van der Waals surface area contributed by atoms with Gasteiger partial charge in [-0.15, -0.1) is 0 Å². The second-order valence-corrected chi connectivity index (χ2v) is 5.80. The number of hydrogen-bond acceptors (Lipinski definition) is 2. The average Bonchev–Trinajstić information content (AvgIpc) is 2.80. The Morgan fingerprint density at radius 3 is 2.83 bits per heavy atom. The molecule has 2 aliphatic rings. The van der Waals surface area contributed by atoms with Crippen LogP contribution in [0.15, 0.2) is 40.9 Å². The molecule has 1 saturated heterocycles. The quantitative estimate of drug-likeness (QED) is 0.831. The van der Waals surface area contributed by atoms with E-state index in [0.717, 1.165) is 25.8 Å². The zero-order valence-corrected chi connectivity index (χ0v) is 11.2. The molecule has 0 radical (unpaired) electrons. The first-order chi connectivity index (χ1) is 8.84. The fraction of sp³-hybridized carbons (Fsp3) is 0.400. The Hall–Kier alpha value is -1.22. The highest BCUT2D eigenvalue weighted by atomic mass is 32.2. The van der Waals surface area contributed by atoms with Crippen LogP contribution in [0.5, 0.6) is 0 Å². The summed E-state index contributed by atoms with van der Waals surface area (Å²) in [5, 5.41) is 1.27. The molecular formula is C15H17NOS. The molecule has 2 nitrogen and oxygen atoms in total. The van der Waals surface area contributed by atoms with Crippen molar-refractivity contribution < 1.29 is 4.79 Å². The first kappa shape index (κ1) is 11.8. The number of amides is 1. The van der Waals surface area contributed by atoms with Crippen LogP contribution in [0.4, 0.5) is 0 Å². The van der Waals surface area contributed by atoms with Crippen molar-refractivity contribution in [3.63, 3.8) is 0 Å². The molecule has 3 heteroatoms. The molecular weight excluding hydrogens is 242 g/mol. The summed E-state index contributed by atoms with van der Waals surface area (Å²) in [6.45, 7) is 0.927. The van der Waals surface area contributed by atoms with Crippen molar-refractivity contribution in [2.45, 2.75) is 25.7 Å². The maximum absolute atomic E-state index is 11.7. The predicted octanol–water partition coefficient (Wildman–Crippen LogP) is 3.20. The van der Waals surface area contributed by atoms with Gasteiger partial charge in [0.05, 0.1) is 10.8 Å². The number of fused-ring (bicyclic) bond motifs is 1. The first-order valence-corrected chi connectivity index (χ1v) is 7.52. The third kappa shape index (κ3) is 2.32. The molecule has 1 fully saturated rings. The molecule has 0 spiro atoms. The summed E-state index contributed by atoms with van der Waals surface area (Å²) in [6.07, 6.45) is 4.47. The van der Waals surface area contributed by atoms with E-state index in [4.69, 9.17) is 0 Å². The Morgan fingerprint density at radius 1 is 1.17 bits per heavy atom. The molecule has 0 atom stereocenters. The van der Waals surface area contributed by atoms with E-state index in [1.54, 1.807) is 11.8 Å². The average molecular weight is 259 g/mol. The number of hydrogen-bond donors (Lipinski definition) is 0. The number of carbonyl (C=O) groups excluding carboxylic acids is 1. The molecule has 2 heterocycles. The van der Waals surface area contributed by atoms with Crippen LogP contribution in [0.25, 0.3) is 0 Å². The molecule has 3 rings (SSSR count). The molecule has 1 aromatic carbocycles. The summed E-state index contributed by atoms with van der Waals surface area (Å²) in [5.41, 5.74) is 2.87. The molecule has 18 heavy (non-hydrogen) atoms. The summed E-state index contributed by atoms with van der Waals surface area (Å²) in [5.74, 6) is 0.941. The number of rotatable bonds is 3. The lowest BCUT2D eigenvalue weighted by Gasteiger charge is -2.25. The molecule has 1 aromatic rings. The van der Waals surface area contributed by atoms with Gasteiger partial charge in [-0.2, -0.15) is 0 Å². The van der Waals surface area contributed by atoms with E-state index in [0.29, 0.717) is 11.7 Å². The number of nitrogens with zero attached hydrogens (tertiary/aromatic N) is 1. The van der Waals surface area contributed by atoms with Gasteiger partial charge in [0.1, 0.15) is 0 Å². The van der Waals surface area contributed by atoms with Crippen LogP contribution < -0.4 is 0 Å². The van der Waals surface area contributed by atoms with E-state index >= 15 is 0 Å². The predicted molar refractivity (Wildman–Crippen MR) is 75.2 cm³/mol. The van der Waals surface area contributed by atoms with Crippen molar-refractivity contribution in [3.05, 3.63) is 46.5 Å². The van der Waals surface area contributed by atoms with Crippen molar-refractivity contribution in [3.8, 4) is 0 Å². The van der Waals surface area contributed by atoms with E-state index in [-0.39, 0.29) is 0 Å². The zero-order valence-electron chi connectivity index (χ0n) is 10.4. The highest BCUT2D eigenvalue weighted by Crippen LogP contribution is 2.38. The second kappa shape index (κ2) is 5.19. The van der Waals surface area contributed by atoms with Gasteiger partial charge in [0.2, 0.25) is 5.91 Å². The van der Waals surface area contributed by atoms with Crippen LogP contribution in [0.2, 0.25) is 0 Å². The van der Waals surface area contributed by atoms with Gasteiger partial charge in [0.25, 0.3) is 0 Å². The van der Waals surface area contributed by atoms with Gasteiger partial charge >= 0.3 is 0 Å². The lowest BCUT2D eigenvalue weighted by Crippen LogP contribution is -2.29. The lowest BCUT2D eigenvalue weighted by molar-refractivity contribution is -0.125. The number of aryl methyl sites for hydroxylation is 1. The van der Waals surface area contributed by atoms with Gasteiger partial charge in [-0.25, -0.2) is 0 Å². The summed E-state index contributed by atoms with van der Waals surface area (Å²) < 4.78 is 0. The monoisotopic (exact) mass is 259 g/mol. The Morgan fingerprint density at radius 2 is 2.00 bits per heavy atom. The lowest BCUT2D eigenvalue weighted by atomic mass is 9.99. The van der Waals surface area contributed by atoms with E-state index in [1.165, 1.54) is 22.6 Å². The third-order valence-electron chi connectivity index (χ3n) is 3.60. The largest absolute Gasteiger partial charge is 0.306 e. The highest BCUT2D eigenvalue weighted by Gasteiger charge is 2.31. The van der Waals surface area contributed by atoms with Gasteiger partial charge in [-0.1, -0.05) is 42.1 Å². The minimum absolute atomic E-state index is 0.298. The molecule has 0 aromatic heterocycles. The first-order valence-electron chi connectivity index (χ1n) is 6.54. The van der Waals surface area contributed by atoms with E-state index in [2.05, 4.69) is 30.3 Å². The van der Waals surface area contributed by atoms with Crippen molar-refractivity contribution >= 4 is 17.7 Å². The van der Waals surface area contributed by atoms with Crippen molar-refractivity contribution in [2.75, 3.05) is 12.3 Å². The van der Waals surface area contributed by atoms with Crippen LogP contribution in [-0.2, 0) is 11.2 Å². The van der Waals surface area contributed by atoms with Crippen LogP contribution in [-0.4, -0.2) is 23.1 Å². The van der Waals surface area contributed by atoms with Gasteiger partial charge in [0.15, 0.2) is 0 Å². The molecule has 0 saturated carbocycles. The highest BCUT2D eigenvalue weighted by molar-refractivity contribution is 8.04. The van der Waals surface area contributed by atoms with Gasteiger partial charge in [-0.05, 0) is 36.8 Å². The zero-order chi connectivity index (χ0) is 12.4. The van der Waals surface area contributed by atoms with Crippen LogP contribution in [0.1, 0.15) is 24.8 Å². The smallest absolute Gasteiger partial charge is 0.237 e. The Balaban J connectivity index is 1.72. The normalized spacial score (nSPS) is 19.3. The maximum atomic E-state index is 11.7. The summed E-state index contributed by atoms with van der Waals surface area (Å²) in [4.78, 5) is 13.7. The molecule has 0 aliphatic carbocycles. The molecule has 2 aliphatic heterocycles. The van der Waals surface area contributed by atoms with Crippen molar-refractivity contribution in [1.82, 2.24) is 4.90 Å². The number of thioether (sulfide) groups is 1. The van der Waals surface area contributed by atoms with E-state index in [9.17, 15) is 4.79 Å². The number of allylic oxidation sites excluding steroid dienone is 1. The number of benzene rings is 1. The topological polar surface area (TPSA) is 20.3 Å². The van der Waals surface area contributed by atoms with Crippen LogP contribution in [0, 0.1) is 0 Å². The van der Waals surface area contributed by atoms with Gasteiger partial charge < -0.3 is 4.90 Å². The van der Waals surface area contributed by atoms with Crippen LogP contribution in [0.3, 0.4) is 0 Å². The van der Waals surface area contributed by atoms with Gasteiger partial charge in [-0.3, -0.25) is 4.79 Å². The molecule has 0 bridgehead atoms. The van der Waals surface area contributed by atoms with Crippen molar-refractivity contribution in [2.24, 2.45) is 0 Å². The van der Waals surface area contributed by atoms with E-state index < -0.39 is 0 Å². The SMILES string of the molecule is O=C1CSC2=C(CCc3ccccc3)CCCN12. The second-order valence-electron chi connectivity index (χ2n) is 4.83.